The van der Waals surface area contributed by atoms with E-state index >= 15 is 0 Å². The first-order valence-corrected chi connectivity index (χ1v) is 7.72. The number of hydrogen-bond donors (Lipinski definition) is 0. The summed E-state index contributed by atoms with van der Waals surface area (Å²) in [5.41, 5.74) is -0.428. The lowest BCUT2D eigenvalue weighted by molar-refractivity contribution is 0.0479. The number of halogens is 1. The third kappa shape index (κ3) is 3.27. The molecule has 1 aromatic carbocycles. The number of benzene rings is 1. The van der Waals surface area contributed by atoms with Gasteiger partial charge in [-0.1, -0.05) is 6.07 Å². The van der Waals surface area contributed by atoms with Crippen LogP contribution in [-0.4, -0.2) is 22.3 Å². The second-order valence-corrected chi connectivity index (χ2v) is 5.95. The monoisotopic (exact) mass is 318 g/mol. The molecule has 3 rings (SSSR count). The molecule has 1 aliphatic heterocycles. The van der Waals surface area contributed by atoms with E-state index in [1.54, 1.807) is 25.3 Å². The van der Waals surface area contributed by atoms with Crippen molar-refractivity contribution in [1.82, 2.24) is 9.13 Å². The summed E-state index contributed by atoms with van der Waals surface area (Å²) in [5.74, 6) is -0.161. The van der Waals surface area contributed by atoms with Crippen LogP contribution in [0.5, 0.6) is 0 Å². The van der Waals surface area contributed by atoms with Crippen molar-refractivity contribution in [2.24, 2.45) is 5.92 Å². The molecule has 0 bridgehead atoms. The Labute approximate surface area is 132 Å². The quantitative estimate of drug-likeness (QED) is 0.812. The minimum Gasteiger partial charge on any atom is -0.381 e. The minimum atomic E-state index is -0.674. The van der Waals surface area contributed by atoms with Gasteiger partial charge in [-0.05, 0) is 37.5 Å². The zero-order valence-electron chi connectivity index (χ0n) is 13.0. The number of nitrogens with zero attached hydrogens (tertiary/aromatic N) is 2. The van der Waals surface area contributed by atoms with Gasteiger partial charge in [0, 0.05) is 31.5 Å². The minimum absolute atomic E-state index is 0.244. The van der Waals surface area contributed by atoms with Crippen molar-refractivity contribution < 1.29 is 9.13 Å². The fourth-order valence-electron chi connectivity index (χ4n) is 2.82. The smallest absolute Gasteiger partial charge is 0.320 e. The van der Waals surface area contributed by atoms with Gasteiger partial charge in [0.15, 0.2) is 0 Å². The van der Waals surface area contributed by atoms with E-state index in [1.807, 2.05) is 0 Å². The zero-order valence-corrected chi connectivity index (χ0v) is 13.0. The second-order valence-electron chi connectivity index (χ2n) is 5.95. The van der Waals surface area contributed by atoms with E-state index < -0.39 is 16.9 Å². The highest BCUT2D eigenvalue weighted by molar-refractivity contribution is 5.35. The van der Waals surface area contributed by atoms with Crippen LogP contribution < -0.4 is 11.1 Å². The number of ether oxygens (including phenoxy) is 1. The summed E-state index contributed by atoms with van der Waals surface area (Å²) in [4.78, 5) is 24.6. The van der Waals surface area contributed by atoms with Gasteiger partial charge in [0.05, 0.1) is 12.3 Å². The van der Waals surface area contributed by atoms with Crippen LogP contribution in [0.3, 0.4) is 0 Å². The largest absolute Gasteiger partial charge is 0.381 e. The highest BCUT2D eigenvalue weighted by Gasteiger charge is 2.16. The van der Waals surface area contributed by atoms with Crippen LogP contribution in [0.1, 0.15) is 18.4 Å². The SMILES string of the molecule is Cc1ccc(-n2ccn(CC3CCCOC3)c(=O)c2=O)cc1F. The molecule has 6 heteroatoms. The van der Waals surface area contributed by atoms with Gasteiger partial charge in [-0.25, -0.2) is 4.39 Å². The molecular formula is C17H19FN2O3. The first-order valence-electron chi connectivity index (χ1n) is 7.72. The van der Waals surface area contributed by atoms with Gasteiger partial charge in [0.1, 0.15) is 5.82 Å². The van der Waals surface area contributed by atoms with Crippen molar-refractivity contribution in [2.45, 2.75) is 26.3 Å². The Morgan fingerprint density at radius 3 is 2.78 bits per heavy atom. The van der Waals surface area contributed by atoms with Gasteiger partial charge in [-0.3, -0.25) is 14.2 Å². The standard InChI is InChI=1S/C17H19FN2O3/c1-12-4-5-14(9-15(12)18)20-7-6-19(16(21)17(20)22)10-13-3-2-8-23-11-13/h4-7,9,13H,2-3,8,10-11H2,1H3. The molecule has 1 fully saturated rings. The summed E-state index contributed by atoms with van der Waals surface area (Å²) in [5, 5.41) is 0. The van der Waals surface area contributed by atoms with Crippen molar-refractivity contribution >= 4 is 0 Å². The molecule has 0 N–H and O–H groups in total. The molecule has 0 saturated carbocycles. The molecule has 1 unspecified atom stereocenters. The molecule has 2 heterocycles. The molecule has 23 heavy (non-hydrogen) atoms. The van der Waals surface area contributed by atoms with E-state index in [-0.39, 0.29) is 5.92 Å². The van der Waals surface area contributed by atoms with Crippen LogP contribution in [0.2, 0.25) is 0 Å². The van der Waals surface area contributed by atoms with E-state index in [0.29, 0.717) is 24.4 Å². The Morgan fingerprint density at radius 2 is 2.09 bits per heavy atom. The molecule has 1 atom stereocenters. The third-order valence-corrected chi connectivity index (χ3v) is 4.20. The fraction of sp³-hybridized carbons (Fsp3) is 0.412. The lowest BCUT2D eigenvalue weighted by Crippen LogP contribution is -2.41. The van der Waals surface area contributed by atoms with Crippen molar-refractivity contribution in [3.05, 3.63) is 62.7 Å². The number of hydrogen-bond acceptors (Lipinski definition) is 3. The molecule has 0 spiro atoms. The summed E-state index contributed by atoms with van der Waals surface area (Å²) in [7, 11) is 0. The van der Waals surface area contributed by atoms with Gasteiger partial charge in [0.25, 0.3) is 0 Å². The highest BCUT2D eigenvalue weighted by Crippen LogP contribution is 2.15. The number of aromatic nitrogens is 2. The van der Waals surface area contributed by atoms with Crippen LogP contribution >= 0.6 is 0 Å². The average Bonchev–Trinajstić information content (AvgIpc) is 2.56. The van der Waals surface area contributed by atoms with E-state index in [9.17, 15) is 14.0 Å². The van der Waals surface area contributed by atoms with Crippen LogP contribution in [0, 0.1) is 18.7 Å². The van der Waals surface area contributed by atoms with Crippen LogP contribution in [0.25, 0.3) is 5.69 Å². The van der Waals surface area contributed by atoms with Crippen molar-refractivity contribution in [1.29, 1.82) is 0 Å². The van der Waals surface area contributed by atoms with Gasteiger partial charge in [-0.2, -0.15) is 0 Å². The summed E-state index contributed by atoms with van der Waals surface area (Å²) < 4.78 is 21.7. The van der Waals surface area contributed by atoms with Crippen molar-refractivity contribution in [3.8, 4) is 5.69 Å². The Balaban J connectivity index is 1.92. The number of aryl methyl sites for hydroxylation is 1. The summed E-state index contributed by atoms with van der Waals surface area (Å²) >= 11 is 0. The van der Waals surface area contributed by atoms with Crippen molar-refractivity contribution in [2.75, 3.05) is 13.2 Å². The lowest BCUT2D eigenvalue weighted by atomic mass is 10.0. The van der Waals surface area contributed by atoms with Crippen molar-refractivity contribution in [3.63, 3.8) is 0 Å². The topological polar surface area (TPSA) is 53.2 Å². The molecule has 122 valence electrons. The number of rotatable bonds is 3. The predicted molar refractivity (Wildman–Crippen MR) is 84.5 cm³/mol. The summed E-state index contributed by atoms with van der Waals surface area (Å²) in [6.45, 7) is 3.48. The molecule has 0 radical (unpaired) electrons. The Kier molecular flexibility index (Phi) is 4.43. The Hall–Kier alpha value is -2.21. The van der Waals surface area contributed by atoms with Crippen LogP contribution in [0.4, 0.5) is 4.39 Å². The van der Waals surface area contributed by atoms with Crippen LogP contribution in [-0.2, 0) is 11.3 Å². The third-order valence-electron chi connectivity index (χ3n) is 4.20. The molecule has 2 aromatic rings. The molecule has 5 nitrogen and oxygen atoms in total. The van der Waals surface area contributed by atoms with Gasteiger partial charge in [0.2, 0.25) is 0 Å². The first-order chi connectivity index (χ1) is 11.1. The lowest BCUT2D eigenvalue weighted by Gasteiger charge is -2.22. The van der Waals surface area contributed by atoms with E-state index in [2.05, 4.69) is 0 Å². The molecule has 0 aliphatic carbocycles. The zero-order chi connectivity index (χ0) is 16.4. The van der Waals surface area contributed by atoms with Gasteiger partial charge < -0.3 is 9.30 Å². The molecule has 1 saturated heterocycles. The Morgan fingerprint density at radius 1 is 1.26 bits per heavy atom. The summed E-state index contributed by atoms with van der Waals surface area (Å²) in [6.07, 6.45) is 5.05. The van der Waals surface area contributed by atoms with E-state index in [4.69, 9.17) is 4.74 Å². The molecule has 1 aromatic heterocycles. The van der Waals surface area contributed by atoms with Crippen LogP contribution in [0.15, 0.2) is 40.2 Å². The normalized spacial score (nSPS) is 18.1. The van der Waals surface area contributed by atoms with E-state index in [1.165, 1.54) is 21.4 Å². The maximum Gasteiger partial charge on any atom is 0.320 e. The van der Waals surface area contributed by atoms with E-state index in [0.717, 1.165) is 19.4 Å². The highest BCUT2D eigenvalue weighted by atomic mass is 19.1. The Bertz CT molecular complexity index is 819. The summed E-state index contributed by atoms with van der Waals surface area (Å²) in [6, 6.07) is 4.47. The molecule has 1 aliphatic rings. The predicted octanol–water partition coefficient (Wildman–Crippen LogP) is 1.87. The van der Waals surface area contributed by atoms with Gasteiger partial charge in [-0.15, -0.1) is 0 Å². The fourth-order valence-corrected chi connectivity index (χ4v) is 2.82. The average molecular weight is 318 g/mol. The molecule has 0 amide bonds. The molecular weight excluding hydrogens is 299 g/mol. The first kappa shape index (κ1) is 15.7. The second kappa shape index (κ2) is 6.50. The van der Waals surface area contributed by atoms with Gasteiger partial charge >= 0.3 is 11.1 Å². The maximum atomic E-state index is 13.7. The maximum absolute atomic E-state index is 13.7.